The van der Waals surface area contributed by atoms with Gasteiger partial charge in [-0.05, 0) is 42.3 Å². The highest BCUT2D eigenvalue weighted by Crippen LogP contribution is 2.23. The zero-order valence-electron chi connectivity index (χ0n) is 16.5. The largest absolute Gasteiger partial charge is 0.463 e. The molecule has 0 aliphatic rings. The topological polar surface area (TPSA) is 74.3 Å². The molecule has 0 N–H and O–H groups in total. The summed E-state index contributed by atoms with van der Waals surface area (Å²) in [6, 6.07) is 12.6. The van der Waals surface area contributed by atoms with Crippen molar-refractivity contribution in [2.45, 2.75) is 26.3 Å². The van der Waals surface area contributed by atoms with E-state index >= 15 is 0 Å². The highest BCUT2D eigenvalue weighted by Gasteiger charge is 2.17. The molecule has 8 heteroatoms. The van der Waals surface area contributed by atoms with Crippen molar-refractivity contribution in [3.8, 4) is 0 Å². The van der Waals surface area contributed by atoms with E-state index in [4.69, 9.17) is 21.0 Å². The molecule has 3 heterocycles. The number of aryl methyl sites for hydroxylation is 1. The van der Waals surface area contributed by atoms with Crippen LogP contribution in [0.3, 0.4) is 0 Å². The van der Waals surface area contributed by atoms with Gasteiger partial charge in [-0.2, -0.15) is 0 Å². The van der Waals surface area contributed by atoms with Gasteiger partial charge < -0.3 is 9.15 Å². The quantitative estimate of drug-likeness (QED) is 0.405. The molecule has 0 spiro atoms. The number of halogens is 1. The van der Waals surface area contributed by atoms with Crippen LogP contribution < -0.4 is 5.56 Å². The molecule has 0 saturated carbocycles. The van der Waals surface area contributed by atoms with Gasteiger partial charge in [-0.1, -0.05) is 30.7 Å². The van der Waals surface area contributed by atoms with E-state index in [9.17, 15) is 9.59 Å². The molecule has 0 amide bonds. The van der Waals surface area contributed by atoms with Gasteiger partial charge >= 0.3 is 5.97 Å². The lowest BCUT2D eigenvalue weighted by molar-refractivity contribution is 0.0563. The summed E-state index contributed by atoms with van der Waals surface area (Å²) in [5.41, 5.74) is 0.859. The molecule has 0 radical (unpaired) electrons. The normalized spacial score (nSPS) is 11.2. The second-order valence-corrected chi connectivity index (χ2v) is 8.32. The fourth-order valence-corrected chi connectivity index (χ4v) is 4.30. The number of carbonyl (C=O) groups excluding carboxylic acids is 1. The Balaban J connectivity index is 1.79. The van der Waals surface area contributed by atoms with Gasteiger partial charge in [-0.25, -0.2) is 9.78 Å². The van der Waals surface area contributed by atoms with Gasteiger partial charge in [-0.3, -0.25) is 9.36 Å². The summed E-state index contributed by atoms with van der Waals surface area (Å²) in [6.07, 6.45) is 1.31. The zero-order chi connectivity index (χ0) is 21.3. The fourth-order valence-electron chi connectivity index (χ4n) is 3.19. The number of thiophene rings is 1. The molecule has 3 aromatic heterocycles. The van der Waals surface area contributed by atoms with Crippen molar-refractivity contribution in [2.24, 2.45) is 0 Å². The molecule has 0 atom stereocenters. The number of rotatable bonds is 6. The summed E-state index contributed by atoms with van der Waals surface area (Å²) < 4.78 is 11.9. The predicted octanol–water partition coefficient (Wildman–Crippen LogP) is 4.69. The first-order valence-electron chi connectivity index (χ1n) is 9.42. The number of hydrogen-bond donors (Lipinski definition) is 0. The van der Waals surface area contributed by atoms with E-state index in [0.717, 1.165) is 21.7 Å². The van der Waals surface area contributed by atoms with Crippen LogP contribution in [0.2, 0.25) is 5.02 Å². The van der Waals surface area contributed by atoms with Crippen LogP contribution in [0.25, 0.3) is 10.2 Å². The van der Waals surface area contributed by atoms with Crippen molar-refractivity contribution in [2.75, 3.05) is 7.11 Å². The van der Waals surface area contributed by atoms with Crippen LogP contribution in [0.4, 0.5) is 0 Å². The Kier molecular flexibility index (Phi) is 5.74. The maximum Gasteiger partial charge on any atom is 0.373 e. The lowest BCUT2D eigenvalue weighted by Gasteiger charge is -2.11. The third-order valence-electron chi connectivity index (χ3n) is 4.77. The summed E-state index contributed by atoms with van der Waals surface area (Å²) >= 11 is 7.53. The Morgan fingerprint density at radius 1 is 1.23 bits per heavy atom. The molecule has 0 aliphatic heterocycles. The average molecular weight is 443 g/mol. The highest BCUT2D eigenvalue weighted by atomic mass is 35.5. The Morgan fingerprint density at radius 3 is 2.70 bits per heavy atom. The van der Waals surface area contributed by atoms with E-state index in [0.29, 0.717) is 28.4 Å². The number of hydrogen-bond acceptors (Lipinski definition) is 6. The Morgan fingerprint density at radius 2 is 2.00 bits per heavy atom. The summed E-state index contributed by atoms with van der Waals surface area (Å²) in [5.74, 6) is 0.629. The van der Waals surface area contributed by atoms with Crippen molar-refractivity contribution < 1.29 is 13.9 Å². The summed E-state index contributed by atoms with van der Waals surface area (Å²) in [6.45, 7) is 2.22. The van der Waals surface area contributed by atoms with Crippen molar-refractivity contribution in [1.29, 1.82) is 0 Å². The molecule has 6 nitrogen and oxygen atoms in total. The van der Waals surface area contributed by atoms with Crippen LogP contribution in [0.15, 0.2) is 51.7 Å². The van der Waals surface area contributed by atoms with Gasteiger partial charge in [0.05, 0.1) is 19.0 Å². The lowest BCUT2D eigenvalue weighted by Crippen LogP contribution is -2.25. The van der Waals surface area contributed by atoms with E-state index in [2.05, 4.69) is 11.7 Å². The fraction of sp³-hybridized carbons (Fsp3) is 0.227. The first kappa shape index (κ1) is 20.4. The number of ether oxygens (including phenoxy) is 1. The third kappa shape index (κ3) is 4.04. The van der Waals surface area contributed by atoms with Crippen LogP contribution in [0.5, 0.6) is 0 Å². The number of nitrogens with zero attached hydrogens (tertiary/aromatic N) is 2. The smallest absolute Gasteiger partial charge is 0.373 e. The SMILES string of the molecule is CCc1cc2c(=O)n(Cc3ccc(C(=O)OC)o3)c(Cc3ccc(Cl)cc3)nc2s1. The summed E-state index contributed by atoms with van der Waals surface area (Å²) in [4.78, 5) is 31.6. The first-order chi connectivity index (χ1) is 14.5. The van der Waals surface area contributed by atoms with Crippen molar-refractivity contribution in [3.05, 3.63) is 85.6 Å². The monoisotopic (exact) mass is 442 g/mol. The van der Waals surface area contributed by atoms with Gasteiger partial charge in [-0.15, -0.1) is 11.3 Å². The van der Waals surface area contributed by atoms with Crippen LogP contribution in [0.1, 0.15) is 39.5 Å². The second-order valence-electron chi connectivity index (χ2n) is 6.77. The predicted molar refractivity (Wildman–Crippen MR) is 117 cm³/mol. The number of methoxy groups -OCH3 is 1. The third-order valence-corrected chi connectivity index (χ3v) is 6.19. The van der Waals surface area contributed by atoms with Gasteiger partial charge in [0.15, 0.2) is 0 Å². The molecule has 0 aliphatic carbocycles. The second kappa shape index (κ2) is 8.45. The molecule has 0 saturated heterocycles. The van der Waals surface area contributed by atoms with Gasteiger partial charge in [0.2, 0.25) is 5.76 Å². The Labute approximate surface area is 181 Å². The molecule has 1 aromatic carbocycles. The first-order valence-corrected chi connectivity index (χ1v) is 10.6. The molecule has 30 heavy (non-hydrogen) atoms. The summed E-state index contributed by atoms with van der Waals surface area (Å²) in [7, 11) is 1.29. The molecule has 154 valence electrons. The van der Waals surface area contributed by atoms with Crippen LogP contribution in [0, 0.1) is 0 Å². The van der Waals surface area contributed by atoms with Gasteiger partial charge in [0, 0.05) is 16.3 Å². The maximum absolute atomic E-state index is 13.3. The average Bonchev–Trinajstić information content (AvgIpc) is 3.39. The summed E-state index contributed by atoms with van der Waals surface area (Å²) in [5, 5.41) is 1.24. The standard InChI is InChI=1S/C22H19ClN2O4S/c1-3-16-11-17-20(30-16)24-19(10-13-4-6-14(23)7-5-13)25(21(17)26)12-15-8-9-18(29-15)22(27)28-2/h4-9,11H,3,10,12H2,1-2H3. The van der Waals surface area contributed by atoms with E-state index in [-0.39, 0.29) is 17.9 Å². The Bertz CT molecular complexity index is 1270. The van der Waals surface area contributed by atoms with E-state index < -0.39 is 5.97 Å². The van der Waals surface area contributed by atoms with Crippen molar-refractivity contribution in [3.63, 3.8) is 0 Å². The number of furan rings is 1. The number of esters is 1. The minimum Gasteiger partial charge on any atom is -0.463 e. The molecule has 0 bridgehead atoms. The number of fused-ring (bicyclic) bond motifs is 1. The molecule has 4 rings (SSSR count). The number of aromatic nitrogens is 2. The van der Waals surface area contributed by atoms with Crippen LogP contribution >= 0.6 is 22.9 Å². The number of benzene rings is 1. The minimum atomic E-state index is -0.561. The molecule has 4 aromatic rings. The van der Waals surface area contributed by atoms with Gasteiger partial charge in [0.1, 0.15) is 16.4 Å². The van der Waals surface area contributed by atoms with E-state index in [1.807, 2.05) is 30.3 Å². The zero-order valence-corrected chi connectivity index (χ0v) is 18.0. The minimum absolute atomic E-state index is 0.0950. The lowest BCUT2D eigenvalue weighted by atomic mass is 10.1. The molecular formula is C22H19ClN2O4S. The van der Waals surface area contributed by atoms with Crippen molar-refractivity contribution >= 4 is 39.1 Å². The number of carbonyl (C=O) groups is 1. The van der Waals surface area contributed by atoms with Crippen LogP contribution in [-0.4, -0.2) is 22.6 Å². The molecule has 0 unspecified atom stereocenters. The maximum atomic E-state index is 13.3. The highest BCUT2D eigenvalue weighted by molar-refractivity contribution is 7.18. The Hall–Kier alpha value is -2.90. The molecule has 0 fully saturated rings. The van der Waals surface area contributed by atoms with E-state index in [1.165, 1.54) is 24.5 Å². The van der Waals surface area contributed by atoms with Gasteiger partial charge in [0.25, 0.3) is 5.56 Å². The van der Waals surface area contributed by atoms with Crippen molar-refractivity contribution in [1.82, 2.24) is 9.55 Å². The van der Waals surface area contributed by atoms with Crippen LogP contribution in [-0.2, 0) is 24.1 Å². The molecular weight excluding hydrogens is 424 g/mol. The van der Waals surface area contributed by atoms with E-state index in [1.54, 1.807) is 10.6 Å².